The quantitative estimate of drug-likeness (QED) is 0.575. The highest BCUT2D eigenvalue weighted by molar-refractivity contribution is 5.42. The highest BCUT2D eigenvalue weighted by Crippen LogP contribution is 2.09. The standard InChI is InChI=1S/C8H11NO/c1-9(10-2)8-6-4-3-5-7-8/h3-7H,1-2H3. The van der Waals surface area contributed by atoms with Crippen molar-refractivity contribution in [3.63, 3.8) is 0 Å². The largest absolute Gasteiger partial charge is 0.277 e. The second kappa shape index (κ2) is 3.22. The Morgan fingerprint density at radius 1 is 1.20 bits per heavy atom. The zero-order valence-electron chi connectivity index (χ0n) is 6.24. The number of anilines is 1. The van der Waals surface area contributed by atoms with Gasteiger partial charge in [-0.1, -0.05) is 18.2 Å². The van der Waals surface area contributed by atoms with Gasteiger partial charge in [0.15, 0.2) is 0 Å². The molecule has 0 spiro atoms. The summed E-state index contributed by atoms with van der Waals surface area (Å²) in [5, 5.41) is 1.71. The summed E-state index contributed by atoms with van der Waals surface area (Å²) in [6.07, 6.45) is 0. The van der Waals surface area contributed by atoms with Crippen LogP contribution in [0, 0.1) is 0 Å². The molecule has 0 aromatic heterocycles. The van der Waals surface area contributed by atoms with Gasteiger partial charge in [0.2, 0.25) is 0 Å². The Balaban J connectivity index is 2.75. The monoisotopic (exact) mass is 137 g/mol. The van der Waals surface area contributed by atoms with Gasteiger partial charge in [0.05, 0.1) is 12.8 Å². The molecular weight excluding hydrogens is 126 g/mol. The Morgan fingerprint density at radius 2 is 1.80 bits per heavy atom. The van der Waals surface area contributed by atoms with Gasteiger partial charge >= 0.3 is 0 Å². The van der Waals surface area contributed by atoms with Crippen molar-refractivity contribution in [3.8, 4) is 0 Å². The van der Waals surface area contributed by atoms with Gasteiger partial charge < -0.3 is 0 Å². The van der Waals surface area contributed by atoms with Crippen LogP contribution in [0.4, 0.5) is 5.69 Å². The third-order valence-electron chi connectivity index (χ3n) is 1.39. The molecule has 0 aliphatic rings. The molecule has 0 N–H and O–H groups in total. The molecule has 1 aromatic carbocycles. The minimum Gasteiger partial charge on any atom is -0.277 e. The molecule has 1 rings (SSSR count). The van der Waals surface area contributed by atoms with Crippen LogP contribution in [0.5, 0.6) is 0 Å². The summed E-state index contributed by atoms with van der Waals surface area (Å²) in [6, 6.07) is 9.91. The minimum atomic E-state index is 1.06. The summed E-state index contributed by atoms with van der Waals surface area (Å²) in [5.41, 5.74) is 1.06. The zero-order chi connectivity index (χ0) is 7.40. The van der Waals surface area contributed by atoms with Crippen molar-refractivity contribution in [2.45, 2.75) is 0 Å². The van der Waals surface area contributed by atoms with E-state index in [1.807, 2.05) is 37.4 Å². The molecule has 0 heterocycles. The topological polar surface area (TPSA) is 12.5 Å². The lowest BCUT2D eigenvalue weighted by atomic mass is 10.3. The summed E-state index contributed by atoms with van der Waals surface area (Å²) in [4.78, 5) is 4.97. The van der Waals surface area contributed by atoms with E-state index in [0.717, 1.165) is 5.69 Å². The first-order valence-corrected chi connectivity index (χ1v) is 3.17. The van der Waals surface area contributed by atoms with E-state index in [0.29, 0.717) is 0 Å². The van der Waals surface area contributed by atoms with Crippen molar-refractivity contribution in [3.05, 3.63) is 30.3 Å². The van der Waals surface area contributed by atoms with Crippen LogP contribution in [-0.2, 0) is 4.84 Å². The Morgan fingerprint density at radius 3 is 2.30 bits per heavy atom. The summed E-state index contributed by atoms with van der Waals surface area (Å²) in [7, 11) is 3.52. The second-order valence-electron chi connectivity index (χ2n) is 2.02. The molecule has 0 amide bonds. The van der Waals surface area contributed by atoms with Gasteiger partial charge in [0.25, 0.3) is 0 Å². The number of hydrogen-bond acceptors (Lipinski definition) is 2. The average Bonchev–Trinajstić information content (AvgIpc) is 2.05. The predicted octanol–water partition coefficient (Wildman–Crippen LogP) is 1.68. The lowest BCUT2D eigenvalue weighted by Gasteiger charge is -2.14. The number of nitrogens with zero attached hydrogens (tertiary/aromatic N) is 1. The number of hydrogen-bond donors (Lipinski definition) is 0. The maximum Gasteiger partial charge on any atom is 0.0638 e. The summed E-state index contributed by atoms with van der Waals surface area (Å²) < 4.78 is 0. The van der Waals surface area contributed by atoms with E-state index in [9.17, 15) is 0 Å². The van der Waals surface area contributed by atoms with Crippen molar-refractivity contribution < 1.29 is 4.84 Å². The Labute approximate surface area is 61.0 Å². The molecule has 2 nitrogen and oxygen atoms in total. The number of hydroxylamine groups is 1. The van der Waals surface area contributed by atoms with Crippen LogP contribution >= 0.6 is 0 Å². The molecule has 0 saturated heterocycles. The van der Waals surface area contributed by atoms with Gasteiger partial charge in [-0.3, -0.25) is 9.90 Å². The molecule has 0 atom stereocenters. The summed E-state index contributed by atoms with van der Waals surface area (Å²) in [5.74, 6) is 0. The fourth-order valence-electron chi connectivity index (χ4n) is 0.743. The van der Waals surface area contributed by atoms with Crippen LogP contribution in [0.25, 0.3) is 0 Å². The third kappa shape index (κ3) is 1.48. The van der Waals surface area contributed by atoms with E-state index < -0.39 is 0 Å². The fourth-order valence-corrected chi connectivity index (χ4v) is 0.743. The second-order valence-corrected chi connectivity index (χ2v) is 2.02. The van der Waals surface area contributed by atoms with E-state index in [1.165, 1.54) is 0 Å². The molecule has 0 radical (unpaired) electrons. The first kappa shape index (κ1) is 7.09. The summed E-state index contributed by atoms with van der Waals surface area (Å²) >= 11 is 0. The number of rotatable bonds is 2. The van der Waals surface area contributed by atoms with Crippen LogP contribution in [0.3, 0.4) is 0 Å². The van der Waals surface area contributed by atoms with E-state index >= 15 is 0 Å². The van der Waals surface area contributed by atoms with Gasteiger partial charge in [-0.15, -0.1) is 0 Å². The molecule has 0 saturated carbocycles. The maximum atomic E-state index is 4.97. The zero-order valence-corrected chi connectivity index (χ0v) is 6.24. The maximum absolute atomic E-state index is 4.97. The molecule has 0 fully saturated rings. The molecule has 54 valence electrons. The summed E-state index contributed by atoms with van der Waals surface area (Å²) in [6.45, 7) is 0. The molecule has 10 heavy (non-hydrogen) atoms. The molecule has 0 aliphatic carbocycles. The Bertz CT molecular complexity index is 186. The number of para-hydroxylation sites is 1. The van der Waals surface area contributed by atoms with Gasteiger partial charge in [0, 0.05) is 7.05 Å². The Kier molecular flexibility index (Phi) is 2.29. The van der Waals surface area contributed by atoms with Crippen molar-refractivity contribution >= 4 is 5.69 Å². The van der Waals surface area contributed by atoms with Crippen LogP contribution in [0.1, 0.15) is 0 Å². The molecule has 1 aromatic rings. The highest BCUT2D eigenvalue weighted by atomic mass is 16.7. The highest BCUT2D eigenvalue weighted by Gasteiger charge is 1.93. The van der Waals surface area contributed by atoms with Crippen LogP contribution in [-0.4, -0.2) is 14.2 Å². The average molecular weight is 137 g/mol. The smallest absolute Gasteiger partial charge is 0.0638 e. The van der Waals surface area contributed by atoms with Crippen molar-refractivity contribution in [1.82, 2.24) is 0 Å². The molecule has 0 aliphatic heterocycles. The lowest BCUT2D eigenvalue weighted by Crippen LogP contribution is -2.13. The fraction of sp³-hybridized carbons (Fsp3) is 0.250. The van der Waals surface area contributed by atoms with Crippen molar-refractivity contribution in [1.29, 1.82) is 0 Å². The van der Waals surface area contributed by atoms with Crippen molar-refractivity contribution in [2.75, 3.05) is 19.2 Å². The van der Waals surface area contributed by atoms with Crippen LogP contribution < -0.4 is 5.06 Å². The van der Waals surface area contributed by atoms with Crippen LogP contribution in [0.15, 0.2) is 30.3 Å². The predicted molar refractivity (Wildman–Crippen MR) is 41.9 cm³/mol. The normalized spacial score (nSPS) is 9.40. The number of benzene rings is 1. The van der Waals surface area contributed by atoms with Crippen LogP contribution in [0.2, 0.25) is 0 Å². The molecule has 2 heteroatoms. The first-order chi connectivity index (χ1) is 4.84. The molecule has 0 bridgehead atoms. The van der Waals surface area contributed by atoms with Gasteiger partial charge in [-0.25, -0.2) is 0 Å². The lowest BCUT2D eigenvalue weighted by molar-refractivity contribution is 0.185. The first-order valence-electron chi connectivity index (χ1n) is 3.17. The third-order valence-corrected chi connectivity index (χ3v) is 1.39. The van der Waals surface area contributed by atoms with E-state index in [2.05, 4.69) is 0 Å². The molecular formula is C8H11NO. The SMILES string of the molecule is CON(C)c1ccccc1. The van der Waals surface area contributed by atoms with E-state index in [4.69, 9.17) is 4.84 Å². The van der Waals surface area contributed by atoms with Gasteiger partial charge in [0.1, 0.15) is 0 Å². The minimum absolute atomic E-state index is 1.06. The van der Waals surface area contributed by atoms with Crippen molar-refractivity contribution in [2.24, 2.45) is 0 Å². The van der Waals surface area contributed by atoms with E-state index in [-0.39, 0.29) is 0 Å². The van der Waals surface area contributed by atoms with E-state index in [1.54, 1.807) is 12.2 Å². The van der Waals surface area contributed by atoms with Gasteiger partial charge in [-0.05, 0) is 12.1 Å². The molecule has 0 unspecified atom stereocenters. The Hall–Kier alpha value is -1.02. The van der Waals surface area contributed by atoms with Gasteiger partial charge in [-0.2, -0.15) is 0 Å².